The normalized spacial score (nSPS) is 29.5. The third-order valence-electron chi connectivity index (χ3n) is 9.77. The topological polar surface area (TPSA) is 376 Å². The number of hydrogen-bond acceptors (Lipinski definition) is 19. The molecule has 28 heteroatoms. The molecule has 0 radical (unpaired) electrons. The van der Waals surface area contributed by atoms with E-state index in [4.69, 9.17) is 39.2 Å². The average Bonchev–Trinajstić information content (AvgIpc) is 3.93. The molecule has 3 fully saturated rings. The van der Waals surface area contributed by atoms with Crippen molar-refractivity contribution in [3.8, 4) is 0 Å². The Bertz CT molecular complexity index is 2400. The molecule has 0 aromatic carbocycles. The van der Waals surface area contributed by atoms with Gasteiger partial charge in [-0.2, -0.15) is 4.98 Å². The number of ether oxygens (including phenoxy) is 3. The van der Waals surface area contributed by atoms with Gasteiger partial charge in [0.05, 0.1) is 31.7 Å². The van der Waals surface area contributed by atoms with Crippen LogP contribution < -0.4 is 28.4 Å². The molecule has 4 aromatic heterocycles. The Balaban J connectivity index is 1.15. The number of nitrogens with zero attached hydrogens (tertiary/aromatic N) is 7. The van der Waals surface area contributed by atoms with Crippen LogP contribution in [0.25, 0.3) is 11.2 Å². The van der Waals surface area contributed by atoms with Gasteiger partial charge in [0.2, 0.25) is 0 Å². The van der Waals surface area contributed by atoms with Crippen LogP contribution in [0.4, 0.5) is 11.6 Å². The maximum absolute atomic E-state index is 13.4. The van der Waals surface area contributed by atoms with Gasteiger partial charge < -0.3 is 50.6 Å². The SMILES string of the molecule is Cc1cn(C2CC(C(OP(=O)(O)O)C3OC(n4cnc5c(N)ncnc54)CC3O)C(COP(=O)(O)OC3CC(n4ccc(N)nc4=O)OC3CO)O2)c(=O)[nH]c1=O. The number of hydrogen-bond donors (Lipinski definition) is 8. The zero-order chi connectivity index (χ0) is 41.0. The predicted molar refractivity (Wildman–Crippen MR) is 188 cm³/mol. The van der Waals surface area contributed by atoms with Gasteiger partial charge in [-0.3, -0.25) is 37.1 Å². The van der Waals surface area contributed by atoms with E-state index in [2.05, 4.69) is 24.9 Å². The third-order valence-corrected chi connectivity index (χ3v) is 11.3. The summed E-state index contributed by atoms with van der Waals surface area (Å²) in [6, 6.07) is 1.32. The van der Waals surface area contributed by atoms with Crippen LogP contribution in [-0.4, -0.2) is 113 Å². The molecule has 0 spiro atoms. The zero-order valence-corrected chi connectivity index (χ0v) is 31.4. The van der Waals surface area contributed by atoms with Crippen LogP contribution in [0.2, 0.25) is 0 Å². The highest BCUT2D eigenvalue weighted by Gasteiger charge is 2.53. The molecule has 0 bridgehead atoms. The molecule has 0 saturated carbocycles. The molecule has 7 heterocycles. The smallest absolute Gasteiger partial charge is 0.394 e. The fourth-order valence-corrected chi connectivity index (χ4v) is 8.71. The summed E-state index contributed by atoms with van der Waals surface area (Å²) in [7, 11) is -10.5. The largest absolute Gasteiger partial charge is 0.472 e. The molecule has 0 amide bonds. The van der Waals surface area contributed by atoms with Crippen molar-refractivity contribution in [3.63, 3.8) is 0 Å². The number of H-pyrrole nitrogens is 1. The Morgan fingerprint density at radius 2 is 1.70 bits per heavy atom. The maximum Gasteiger partial charge on any atom is 0.472 e. The third kappa shape index (κ3) is 8.63. The number of rotatable bonds is 13. The van der Waals surface area contributed by atoms with Crippen molar-refractivity contribution in [2.75, 3.05) is 24.7 Å². The molecule has 3 aliphatic heterocycles. The van der Waals surface area contributed by atoms with Crippen LogP contribution in [0.3, 0.4) is 0 Å². The first-order valence-corrected chi connectivity index (χ1v) is 20.2. The number of aromatic amines is 1. The fourth-order valence-electron chi connectivity index (χ4n) is 7.16. The van der Waals surface area contributed by atoms with Crippen LogP contribution >= 0.6 is 15.6 Å². The van der Waals surface area contributed by atoms with Crippen molar-refractivity contribution in [2.24, 2.45) is 5.92 Å². The van der Waals surface area contributed by atoms with Gasteiger partial charge in [0.25, 0.3) is 5.56 Å². The first-order valence-electron chi connectivity index (χ1n) is 17.2. The standard InChI is InChI=1S/C29H38N10O16P2/c1-12-7-38(29(44)36-27(12)42)19-4-13(23(55-56(45,46)47)24-14(41)5-20(53-24)39-11-34-22-25(31)32-10-33-26(22)39)17(52-19)9-50-57(48,49)54-15-6-21(51-16(15)8-40)37-3-2-18(30)35-28(37)43/h2-3,7,10-11,13-17,19-21,23-24,40-41H,4-6,8-9H2,1H3,(H,48,49)(H2,30,35,43)(H2,31,32,33)(H,36,42,44)(H2,45,46,47). The predicted octanol–water partition coefficient (Wildman–Crippen LogP) is -2.08. The number of nitrogen functional groups attached to an aromatic ring is 2. The second-order valence-electron chi connectivity index (χ2n) is 13.5. The lowest BCUT2D eigenvalue weighted by Crippen LogP contribution is -2.45. The van der Waals surface area contributed by atoms with Crippen molar-refractivity contribution in [2.45, 2.75) is 81.5 Å². The lowest BCUT2D eigenvalue weighted by Gasteiger charge is -2.32. The highest BCUT2D eigenvalue weighted by molar-refractivity contribution is 7.47. The minimum atomic E-state index is -5.40. The minimum absolute atomic E-state index is 0.0565. The zero-order valence-electron chi connectivity index (χ0n) is 29.6. The van der Waals surface area contributed by atoms with Crippen molar-refractivity contribution < 1.29 is 61.8 Å². The molecule has 3 saturated heterocycles. The van der Waals surface area contributed by atoms with Crippen molar-refractivity contribution in [1.82, 2.24) is 38.6 Å². The number of fused-ring (bicyclic) bond motifs is 1. The van der Waals surface area contributed by atoms with Crippen LogP contribution in [-0.2, 0) is 36.9 Å². The van der Waals surface area contributed by atoms with Gasteiger partial charge in [0, 0.05) is 43.1 Å². The summed E-state index contributed by atoms with van der Waals surface area (Å²) in [5.41, 5.74) is 9.64. The Morgan fingerprint density at radius 3 is 2.42 bits per heavy atom. The number of nitrogens with two attached hydrogens (primary N) is 2. The van der Waals surface area contributed by atoms with E-state index in [9.17, 15) is 48.4 Å². The molecule has 11 unspecified atom stereocenters. The maximum atomic E-state index is 13.4. The Labute approximate surface area is 318 Å². The fraction of sp³-hybridized carbons (Fsp3) is 0.552. The van der Waals surface area contributed by atoms with E-state index in [1.165, 1.54) is 42.6 Å². The van der Waals surface area contributed by atoms with E-state index >= 15 is 0 Å². The summed E-state index contributed by atoms with van der Waals surface area (Å²) in [5, 5.41) is 21.2. The Hall–Kier alpha value is -4.27. The quantitative estimate of drug-likeness (QED) is 0.0669. The second kappa shape index (κ2) is 15.8. The molecule has 26 nitrogen and oxygen atoms in total. The number of aliphatic hydroxyl groups excluding tert-OH is 2. The molecular weight excluding hydrogens is 806 g/mol. The second-order valence-corrected chi connectivity index (χ2v) is 16.1. The average molecular weight is 845 g/mol. The van der Waals surface area contributed by atoms with E-state index in [1.54, 1.807) is 0 Å². The van der Waals surface area contributed by atoms with E-state index in [0.717, 1.165) is 9.13 Å². The molecule has 3 aliphatic rings. The first-order chi connectivity index (χ1) is 26.9. The van der Waals surface area contributed by atoms with Gasteiger partial charge in [0.1, 0.15) is 60.8 Å². The number of aliphatic hydroxyl groups is 2. The van der Waals surface area contributed by atoms with Gasteiger partial charge >= 0.3 is 27.0 Å². The van der Waals surface area contributed by atoms with Crippen LogP contribution in [0.15, 0.2) is 45.5 Å². The highest BCUT2D eigenvalue weighted by Crippen LogP contribution is 2.52. The van der Waals surface area contributed by atoms with E-state index < -0.39 is 107 Å². The summed E-state index contributed by atoms with van der Waals surface area (Å²) in [6.07, 6.45) is -7.73. The molecule has 0 aliphatic carbocycles. The number of phosphoric ester groups is 2. The van der Waals surface area contributed by atoms with Crippen LogP contribution in [0.5, 0.6) is 0 Å². The number of aryl methyl sites for hydroxylation is 1. The van der Waals surface area contributed by atoms with Gasteiger partial charge in [-0.1, -0.05) is 0 Å². The molecule has 10 N–H and O–H groups in total. The van der Waals surface area contributed by atoms with Crippen LogP contribution in [0.1, 0.15) is 43.5 Å². The molecule has 11 atom stereocenters. The van der Waals surface area contributed by atoms with Gasteiger partial charge in [0.15, 0.2) is 11.5 Å². The summed E-state index contributed by atoms with van der Waals surface area (Å²) in [5.74, 6) is -1.26. The van der Waals surface area contributed by atoms with E-state index in [-0.39, 0.29) is 47.6 Å². The van der Waals surface area contributed by atoms with Crippen molar-refractivity contribution in [3.05, 3.63) is 68.0 Å². The highest BCUT2D eigenvalue weighted by atomic mass is 31.2. The molecule has 57 heavy (non-hydrogen) atoms. The number of anilines is 2. The summed E-state index contributed by atoms with van der Waals surface area (Å²) in [6.45, 7) is -0.120. The minimum Gasteiger partial charge on any atom is -0.394 e. The summed E-state index contributed by atoms with van der Waals surface area (Å²) < 4.78 is 63.2. The Morgan fingerprint density at radius 1 is 0.982 bits per heavy atom. The van der Waals surface area contributed by atoms with Gasteiger partial charge in [-0.25, -0.2) is 33.7 Å². The van der Waals surface area contributed by atoms with Gasteiger partial charge in [-0.15, -0.1) is 0 Å². The molecule has 7 rings (SSSR count). The van der Waals surface area contributed by atoms with Crippen LogP contribution in [0, 0.1) is 12.8 Å². The van der Waals surface area contributed by atoms with E-state index in [0.29, 0.717) is 0 Å². The lowest BCUT2D eigenvalue weighted by atomic mass is 9.89. The monoisotopic (exact) mass is 844 g/mol. The summed E-state index contributed by atoms with van der Waals surface area (Å²) in [4.78, 5) is 86.5. The number of aromatic nitrogens is 8. The van der Waals surface area contributed by atoms with Crippen molar-refractivity contribution in [1.29, 1.82) is 0 Å². The Kier molecular flexibility index (Phi) is 11.4. The number of imidazole rings is 1. The number of nitrogens with one attached hydrogen (secondary N) is 1. The van der Waals surface area contributed by atoms with Crippen molar-refractivity contribution >= 4 is 38.4 Å². The van der Waals surface area contributed by atoms with Gasteiger partial charge in [-0.05, 0) is 13.0 Å². The number of phosphoric acid groups is 2. The molecular formula is C29H38N10O16P2. The lowest BCUT2D eigenvalue weighted by molar-refractivity contribution is -0.111. The summed E-state index contributed by atoms with van der Waals surface area (Å²) >= 11 is 0. The molecule has 4 aromatic rings. The first kappa shape index (κ1) is 40.9. The van der Waals surface area contributed by atoms with E-state index in [1.807, 2.05) is 0 Å². The molecule has 310 valence electrons.